The molecule has 0 aromatic carbocycles. The predicted octanol–water partition coefficient (Wildman–Crippen LogP) is 4.20. The van der Waals surface area contributed by atoms with E-state index >= 15 is 0 Å². The van der Waals surface area contributed by atoms with E-state index in [4.69, 9.17) is 0 Å². The molecule has 0 aromatic heterocycles. The fourth-order valence-electron chi connectivity index (χ4n) is 3.19. The van der Waals surface area contributed by atoms with Gasteiger partial charge in [0, 0.05) is 18.6 Å². The zero-order chi connectivity index (χ0) is 15.5. The van der Waals surface area contributed by atoms with Crippen LogP contribution in [0.15, 0.2) is 11.6 Å². The average molecular weight is 280 g/mol. The summed E-state index contributed by atoms with van der Waals surface area (Å²) in [6, 6.07) is 0.541. The lowest BCUT2D eigenvalue weighted by atomic mass is 9.76. The Hall–Kier alpha value is -0.990. The van der Waals surface area contributed by atoms with E-state index in [1.165, 1.54) is 5.57 Å². The molecule has 0 fully saturated rings. The summed E-state index contributed by atoms with van der Waals surface area (Å²) < 4.78 is 0. The van der Waals surface area contributed by atoms with E-state index in [1.807, 2.05) is 4.90 Å². The molecule has 0 heterocycles. The van der Waals surface area contributed by atoms with Crippen LogP contribution in [0.5, 0.6) is 0 Å². The molecule has 1 N–H and O–H groups in total. The first kappa shape index (κ1) is 17.1. The van der Waals surface area contributed by atoms with Gasteiger partial charge in [0.15, 0.2) is 0 Å². The minimum absolute atomic E-state index is 0.0653. The predicted molar refractivity (Wildman–Crippen MR) is 85.8 cm³/mol. The Morgan fingerprint density at radius 3 is 2.30 bits per heavy atom. The van der Waals surface area contributed by atoms with Crippen LogP contribution < -0.4 is 5.32 Å². The molecule has 1 aliphatic carbocycles. The largest absolute Gasteiger partial charge is 0.338 e. The molecule has 1 atom stereocenters. The molecule has 0 bridgehead atoms. The van der Waals surface area contributed by atoms with Gasteiger partial charge in [-0.2, -0.15) is 0 Å². The van der Waals surface area contributed by atoms with Gasteiger partial charge in [-0.1, -0.05) is 25.5 Å². The second kappa shape index (κ2) is 6.64. The molecular formula is C17H32N2O. The third-order valence-corrected chi connectivity index (χ3v) is 4.86. The van der Waals surface area contributed by atoms with Crippen LogP contribution in [-0.2, 0) is 0 Å². The molecule has 0 radical (unpaired) electrons. The van der Waals surface area contributed by atoms with Gasteiger partial charge >= 0.3 is 6.03 Å². The summed E-state index contributed by atoms with van der Waals surface area (Å²) in [5.74, 6) is 0.648. The normalized spacial score (nSPS) is 21.2. The fourth-order valence-corrected chi connectivity index (χ4v) is 3.19. The molecule has 3 nitrogen and oxygen atoms in total. The summed E-state index contributed by atoms with van der Waals surface area (Å²) in [7, 11) is 0. The van der Waals surface area contributed by atoms with Crippen LogP contribution in [0.25, 0.3) is 0 Å². The van der Waals surface area contributed by atoms with Crippen molar-refractivity contribution in [1.82, 2.24) is 10.2 Å². The summed E-state index contributed by atoms with van der Waals surface area (Å²) >= 11 is 0. The number of carbonyl (C=O) groups excluding carboxylic acids is 1. The van der Waals surface area contributed by atoms with Crippen LogP contribution in [0.2, 0.25) is 0 Å². The number of amides is 2. The van der Waals surface area contributed by atoms with Gasteiger partial charge < -0.3 is 10.2 Å². The minimum atomic E-state index is 0.0653. The van der Waals surface area contributed by atoms with Crippen molar-refractivity contribution in [2.75, 3.05) is 6.54 Å². The quantitative estimate of drug-likeness (QED) is 0.752. The second-order valence-corrected chi connectivity index (χ2v) is 7.16. The first-order valence-electron chi connectivity index (χ1n) is 7.91. The van der Waals surface area contributed by atoms with E-state index in [0.29, 0.717) is 5.92 Å². The van der Waals surface area contributed by atoms with Gasteiger partial charge in [0.1, 0.15) is 0 Å². The van der Waals surface area contributed by atoms with E-state index in [9.17, 15) is 4.79 Å². The number of hydrogen-bond acceptors (Lipinski definition) is 1. The Balaban J connectivity index is 2.43. The molecule has 1 rings (SSSR count). The molecule has 2 amide bonds. The van der Waals surface area contributed by atoms with Gasteiger partial charge in [-0.15, -0.1) is 0 Å². The first-order chi connectivity index (χ1) is 9.17. The highest BCUT2D eigenvalue weighted by Gasteiger charge is 2.34. The van der Waals surface area contributed by atoms with E-state index in [-0.39, 0.29) is 23.5 Å². The Bertz CT molecular complexity index is 361. The Kier molecular flexibility index (Phi) is 5.67. The maximum Gasteiger partial charge on any atom is 0.317 e. The third kappa shape index (κ3) is 3.77. The zero-order valence-electron chi connectivity index (χ0n) is 14.3. The summed E-state index contributed by atoms with van der Waals surface area (Å²) in [6.07, 6.45) is 4.55. The van der Waals surface area contributed by atoms with E-state index in [1.54, 1.807) is 0 Å². The maximum atomic E-state index is 12.2. The number of nitrogens with one attached hydrogen (secondary N) is 1. The van der Waals surface area contributed by atoms with Gasteiger partial charge in [0.2, 0.25) is 0 Å². The summed E-state index contributed by atoms with van der Waals surface area (Å²) in [5, 5.41) is 3.09. The summed E-state index contributed by atoms with van der Waals surface area (Å²) in [5.41, 5.74) is 1.76. The smallest absolute Gasteiger partial charge is 0.317 e. The number of rotatable bonds is 5. The van der Waals surface area contributed by atoms with Gasteiger partial charge in [-0.3, -0.25) is 0 Å². The number of carbonyl (C=O) groups is 1. The monoisotopic (exact) mass is 280 g/mol. The lowest BCUT2D eigenvalue weighted by Crippen LogP contribution is -2.48. The Morgan fingerprint density at radius 2 is 1.90 bits per heavy atom. The molecule has 3 heteroatoms. The van der Waals surface area contributed by atoms with E-state index in [2.05, 4.69) is 59.9 Å². The highest BCUT2D eigenvalue weighted by molar-refractivity contribution is 5.74. The summed E-state index contributed by atoms with van der Waals surface area (Å²) in [4.78, 5) is 14.1. The van der Waals surface area contributed by atoms with Crippen molar-refractivity contribution in [3.63, 3.8) is 0 Å². The number of urea groups is 1. The van der Waals surface area contributed by atoms with Gasteiger partial charge in [0.05, 0.1) is 0 Å². The first-order valence-corrected chi connectivity index (χ1v) is 7.91. The van der Waals surface area contributed by atoms with Crippen LogP contribution in [0.1, 0.15) is 61.3 Å². The molecule has 0 unspecified atom stereocenters. The lowest BCUT2D eigenvalue weighted by molar-refractivity contribution is 0.163. The molecule has 116 valence electrons. The Labute approximate surface area is 124 Å². The van der Waals surface area contributed by atoms with Crippen molar-refractivity contribution in [3.05, 3.63) is 11.6 Å². The molecule has 0 saturated carbocycles. The van der Waals surface area contributed by atoms with Crippen molar-refractivity contribution in [1.29, 1.82) is 0 Å². The minimum Gasteiger partial charge on any atom is -0.338 e. The van der Waals surface area contributed by atoms with Gasteiger partial charge in [-0.05, 0) is 58.8 Å². The number of nitrogens with zero attached hydrogens (tertiary/aromatic N) is 1. The Morgan fingerprint density at radius 1 is 1.35 bits per heavy atom. The highest BCUT2D eigenvalue weighted by atomic mass is 16.2. The molecular weight excluding hydrogens is 248 g/mol. The standard InChI is InChI=1S/C17H32N2O/c1-12(2)19(13(3)4)16(20)18-11-10-15-9-8-14(5)17(15,6)7/h8,12-13,15H,9-11H2,1-7H3,(H,18,20)/t15-/m0/s1. The molecule has 1 aliphatic rings. The lowest BCUT2D eigenvalue weighted by Gasteiger charge is -2.32. The van der Waals surface area contributed by atoms with Crippen LogP contribution in [0.4, 0.5) is 4.79 Å². The SMILES string of the molecule is CC1=CC[C@@H](CCNC(=O)N(C(C)C)C(C)C)C1(C)C. The molecule has 0 spiro atoms. The molecule has 0 aliphatic heterocycles. The van der Waals surface area contributed by atoms with Crippen LogP contribution in [0, 0.1) is 11.3 Å². The molecule has 20 heavy (non-hydrogen) atoms. The topological polar surface area (TPSA) is 32.3 Å². The third-order valence-electron chi connectivity index (χ3n) is 4.86. The maximum absolute atomic E-state index is 12.2. The number of hydrogen-bond donors (Lipinski definition) is 1. The van der Waals surface area contributed by atoms with Crippen LogP contribution in [-0.4, -0.2) is 29.6 Å². The average Bonchev–Trinajstić information content (AvgIpc) is 2.54. The van der Waals surface area contributed by atoms with Crippen LogP contribution >= 0.6 is 0 Å². The molecule has 0 saturated heterocycles. The second-order valence-electron chi connectivity index (χ2n) is 7.16. The fraction of sp³-hybridized carbons (Fsp3) is 0.824. The highest BCUT2D eigenvalue weighted by Crippen LogP contribution is 2.44. The number of allylic oxidation sites excluding steroid dienone is 2. The van der Waals surface area contributed by atoms with Crippen molar-refractivity contribution < 1.29 is 4.79 Å². The van der Waals surface area contributed by atoms with Crippen molar-refractivity contribution in [3.8, 4) is 0 Å². The van der Waals surface area contributed by atoms with Crippen molar-refractivity contribution in [2.45, 2.75) is 73.4 Å². The van der Waals surface area contributed by atoms with Crippen molar-refractivity contribution in [2.24, 2.45) is 11.3 Å². The van der Waals surface area contributed by atoms with E-state index in [0.717, 1.165) is 19.4 Å². The molecule has 0 aromatic rings. The zero-order valence-corrected chi connectivity index (χ0v) is 14.3. The van der Waals surface area contributed by atoms with Gasteiger partial charge in [0.25, 0.3) is 0 Å². The van der Waals surface area contributed by atoms with Crippen molar-refractivity contribution >= 4 is 6.03 Å². The van der Waals surface area contributed by atoms with E-state index < -0.39 is 0 Å². The van der Waals surface area contributed by atoms with Crippen LogP contribution in [0.3, 0.4) is 0 Å². The van der Waals surface area contributed by atoms with Gasteiger partial charge in [-0.25, -0.2) is 4.79 Å². The summed E-state index contributed by atoms with van der Waals surface area (Å²) in [6.45, 7) is 15.9.